The maximum absolute atomic E-state index is 14.9. The Labute approximate surface area is 302 Å². The van der Waals surface area contributed by atoms with Crippen molar-refractivity contribution in [1.29, 1.82) is 0 Å². The molecule has 4 aromatic rings. The quantitative estimate of drug-likeness (QED) is 0.0731. The first-order valence-electron chi connectivity index (χ1n) is 15.7. The highest BCUT2D eigenvalue weighted by Gasteiger charge is 2.36. The summed E-state index contributed by atoms with van der Waals surface area (Å²) in [5.74, 6) is -10.1. The Kier molecular flexibility index (Phi) is 13.2. The van der Waals surface area contributed by atoms with E-state index in [4.69, 9.17) is 23.7 Å². The van der Waals surface area contributed by atoms with Crippen molar-refractivity contribution >= 4 is 31.9 Å². The van der Waals surface area contributed by atoms with Crippen LogP contribution in [0, 0.1) is 34.9 Å². The van der Waals surface area contributed by atoms with Crippen LogP contribution in [0.25, 0.3) is 33.4 Å². The van der Waals surface area contributed by atoms with Crippen LogP contribution in [0.3, 0.4) is 0 Å². The van der Waals surface area contributed by atoms with Crippen LogP contribution in [0.2, 0.25) is 0 Å². The molecule has 4 aromatic carbocycles. The number of alkyl halides is 2. The van der Waals surface area contributed by atoms with E-state index in [2.05, 4.69) is 31.9 Å². The number of phenolic OH excluding ortho intramolecular Hbond substituents is 1. The second-order valence-corrected chi connectivity index (χ2v) is 11.5. The summed E-state index contributed by atoms with van der Waals surface area (Å²) in [5.41, 5.74) is 0.523. The van der Waals surface area contributed by atoms with Gasteiger partial charge in [-0.1, -0.05) is 31.9 Å². The molecule has 14 heteroatoms. The topological polar surface area (TPSA) is 66.4 Å². The van der Waals surface area contributed by atoms with Crippen molar-refractivity contribution in [1.82, 2.24) is 0 Å². The number of ether oxygens (including phenoxy) is 5. The number of hydrogen-bond donors (Lipinski definition) is 1. The summed E-state index contributed by atoms with van der Waals surface area (Å²) in [6.45, 7) is 8.57. The molecular weight excluding hydrogens is 802 g/mol. The van der Waals surface area contributed by atoms with E-state index in [0.29, 0.717) is 0 Å². The summed E-state index contributed by atoms with van der Waals surface area (Å²) in [7, 11) is 0. The summed E-state index contributed by atoms with van der Waals surface area (Å²) >= 11 is 6.99. The highest BCUT2D eigenvalue weighted by atomic mass is 79.9. The van der Waals surface area contributed by atoms with Gasteiger partial charge in [-0.25, -0.2) is 26.3 Å². The van der Waals surface area contributed by atoms with Crippen LogP contribution >= 0.6 is 31.9 Å². The number of rotatable bonds is 15. The maximum Gasteiger partial charge on any atom is 0.204 e. The second-order valence-electron chi connectivity index (χ2n) is 10.4. The van der Waals surface area contributed by atoms with Crippen molar-refractivity contribution in [3.05, 3.63) is 70.3 Å². The fourth-order valence-corrected chi connectivity index (χ4v) is 6.81. The van der Waals surface area contributed by atoms with Gasteiger partial charge in [-0.3, -0.25) is 0 Å². The molecule has 1 N–H and O–H groups in total. The van der Waals surface area contributed by atoms with Crippen molar-refractivity contribution in [2.24, 2.45) is 0 Å². The molecular formula is C36H34Br2F6O6. The van der Waals surface area contributed by atoms with E-state index in [-0.39, 0.29) is 117 Å². The lowest BCUT2D eigenvalue weighted by Gasteiger charge is -2.29. The molecule has 0 unspecified atom stereocenters. The van der Waals surface area contributed by atoms with Crippen molar-refractivity contribution in [2.45, 2.75) is 45.3 Å². The number of hydrogen-bond acceptors (Lipinski definition) is 6. The van der Waals surface area contributed by atoms with Crippen molar-refractivity contribution < 1.29 is 55.1 Å². The summed E-state index contributed by atoms with van der Waals surface area (Å²) in [6, 6.07) is 3.14. The van der Waals surface area contributed by atoms with Crippen LogP contribution in [0.15, 0.2) is 24.3 Å². The van der Waals surface area contributed by atoms with Gasteiger partial charge in [0.05, 0.1) is 33.0 Å². The first-order chi connectivity index (χ1) is 23.9. The van der Waals surface area contributed by atoms with E-state index in [1.54, 1.807) is 34.6 Å². The fourth-order valence-electron chi connectivity index (χ4n) is 5.68. The maximum atomic E-state index is 14.9. The zero-order valence-electron chi connectivity index (χ0n) is 27.8. The highest BCUT2D eigenvalue weighted by molar-refractivity contribution is 9.08. The monoisotopic (exact) mass is 834 g/mol. The smallest absolute Gasteiger partial charge is 0.204 e. The number of aromatic hydroxyl groups is 1. The van der Waals surface area contributed by atoms with Crippen LogP contribution in [-0.4, -0.2) is 38.1 Å². The normalized spacial score (nSPS) is 11.1. The molecule has 0 amide bonds. The molecule has 50 heavy (non-hydrogen) atoms. The molecule has 0 aliphatic carbocycles. The Morgan fingerprint density at radius 1 is 0.460 bits per heavy atom. The Morgan fingerprint density at radius 3 is 1.10 bits per heavy atom. The molecule has 0 bridgehead atoms. The first-order valence-corrected chi connectivity index (χ1v) is 17.9. The lowest BCUT2D eigenvalue weighted by atomic mass is 9.84. The third-order valence-electron chi connectivity index (χ3n) is 7.46. The predicted octanol–water partition coefficient (Wildman–Crippen LogP) is 11.0. The minimum Gasteiger partial charge on any atom is -0.502 e. The Balaban J connectivity index is 2.41. The molecule has 0 spiro atoms. The zero-order chi connectivity index (χ0) is 36.9. The van der Waals surface area contributed by atoms with Crippen LogP contribution in [-0.2, 0) is 10.7 Å². The molecule has 270 valence electrons. The van der Waals surface area contributed by atoms with Crippen LogP contribution in [0.5, 0.6) is 34.5 Å². The SMILES string of the molecule is CCOc1c(OCC)c(-c2cc(F)c(F)c(F)c2)c(CBr)c(-c2c(CBr)c(-c3cc(F)c(F)c(F)c3)c(OCC)c(O)c2OCC)c1OCC. The summed E-state index contributed by atoms with van der Waals surface area (Å²) in [5, 5.41) is 11.7. The Hall–Kier alpha value is -3.78. The molecule has 0 aliphatic heterocycles. The summed E-state index contributed by atoms with van der Waals surface area (Å²) in [4.78, 5) is 0. The first kappa shape index (κ1) is 39.0. The molecule has 0 saturated heterocycles. The van der Waals surface area contributed by atoms with Crippen LogP contribution in [0.1, 0.15) is 45.7 Å². The van der Waals surface area contributed by atoms with E-state index in [1.165, 1.54) is 0 Å². The third-order valence-corrected chi connectivity index (χ3v) is 8.59. The van der Waals surface area contributed by atoms with Gasteiger partial charge >= 0.3 is 0 Å². The van der Waals surface area contributed by atoms with Crippen molar-refractivity contribution in [3.63, 3.8) is 0 Å². The van der Waals surface area contributed by atoms with Crippen LogP contribution < -0.4 is 23.7 Å². The second kappa shape index (κ2) is 17.0. The average Bonchev–Trinajstić information content (AvgIpc) is 3.08. The molecule has 6 nitrogen and oxygen atoms in total. The minimum atomic E-state index is -1.70. The number of halogens is 8. The largest absolute Gasteiger partial charge is 0.502 e. The van der Waals surface area contributed by atoms with E-state index in [1.807, 2.05) is 0 Å². The van der Waals surface area contributed by atoms with Gasteiger partial charge in [0.1, 0.15) is 0 Å². The van der Waals surface area contributed by atoms with Gasteiger partial charge in [-0.15, -0.1) is 0 Å². The van der Waals surface area contributed by atoms with Gasteiger partial charge in [0.15, 0.2) is 57.9 Å². The third kappa shape index (κ3) is 7.19. The lowest BCUT2D eigenvalue weighted by molar-refractivity contribution is 0.261. The van der Waals surface area contributed by atoms with E-state index >= 15 is 0 Å². The Bertz CT molecular complexity index is 1840. The van der Waals surface area contributed by atoms with E-state index < -0.39 is 40.7 Å². The number of phenols is 1. The molecule has 0 atom stereocenters. The standard InChI is InChI=1S/C36H34Br2F6O6/c1-6-46-32-25(17-11-21(39)29(43)22(40)12-17)19(15-37)27(33(31(32)45)47-7-2)28-20(16-38)26(18-13-23(41)30(44)24(42)14-18)34(48-8-3)36(50-10-5)35(28)49-9-4/h11-14,45H,6-10,15-16H2,1-5H3. The fraction of sp³-hybridized carbons (Fsp3) is 0.333. The van der Waals surface area contributed by atoms with Gasteiger partial charge in [0, 0.05) is 32.9 Å². The molecule has 0 saturated carbocycles. The zero-order valence-corrected chi connectivity index (χ0v) is 30.9. The molecule has 0 aliphatic rings. The minimum absolute atomic E-state index is 0.000410. The summed E-state index contributed by atoms with van der Waals surface area (Å²) in [6.07, 6.45) is 0. The lowest BCUT2D eigenvalue weighted by Crippen LogP contribution is -2.11. The van der Waals surface area contributed by atoms with Gasteiger partial charge in [0.2, 0.25) is 11.5 Å². The van der Waals surface area contributed by atoms with Gasteiger partial charge in [-0.2, -0.15) is 0 Å². The summed E-state index contributed by atoms with van der Waals surface area (Å²) < 4.78 is 118. The van der Waals surface area contributed by atoms with Crippen molar-refractivity contribution in [3.8, 4) is 67.9 Å². The molecule has 4 rings (SSSR count). The molecule has 0 radical (unpaired) electrons. The van der Waals surface area contributed by atoms with Crippen molar-refractivity contribution in [2.75, 3.05) is 33.0 Å². The number of benzene rings is 4. The molecule has 0 heterocycles. The highest BCUT2D eigenvalue weighted by Crippen LogP contribution is 2.60. The van der Waals surface area contributed by atoms with Crippen LogP contribution in [0.4, 0.5) is 26.3 Å². The van der Waals surface area contributed by atoms with Gasteiger partial charge in [0.25, 0.3) is 0 Å². The van der Waals surface area contributed by atoms with Gasteiger partial charge in [-0.05, 0) is 81.1 Å². The Morgan fingerprint density at radius 2 is 0.740 bits per heavy atom. The van der Waals surface area contributed by atoms with Gasteiger partial charge < -0.3 is 28.8 Å². The molecule has 0 fully saturated rings. The average molecular weight is 836 g/mol. The van der Waals surface area contributed by atoms with E-state index in [9.17, 15) is 31.4 Å². The predicted molar refractivity (Wildman–Crippen MR) is 185 cm³/mol. The van der Waals surface area contributed by atoms with E-state index in [0.717, 1.165) is 24.3 Å². The molecule has 0 aromatic heterocycles.